The molecule has 0 bridgehead atoms. The van der Waals surface area contributed by atoms with E-state index in [0.717, 1.165) is 51.5 Å². The zero-order chi connectivity index (χ0) is 14.9. The maximum absolute atomic E-state index is 12.9. The quantitative estimate of drug-likeness (QED) is 0.810. The molecule has 3 aliphatic rings. The van der Waals surface area contributed by atoms with Crippen LogP contribution in [0.3, 0.4) is 0 Å². The van der Waals surface area contributed by atoms with Crippen molar-refractivity contribution >= 4 is 11.8 Å². The van der Waals surface area contributed by atoms with Gasteiger partial charge < -0.3 is 10.2 Å². The number of hydrogen-bond acceptors (Lipinski definition) is 2. The van der Waals surface area contributed by atoms with E-state index >= 15 is 0 Å². The first-order chi connectivity index (χ1) is 10.2. The molecule has 1 atom stereocenters. The van der Waals surface area contributed by atoms with E-state index in [4.69, 9.17) is 0 Å². The first-order valence-electron chi connectivity index (χ1n) is 8.79. The second kappa shape index (κ2) is 5.98. The Morgan fingerprint density at radius 3 is 2.38 bits per heavy atom. The summed E-state index contributed by atoms with van der Waals surface area (Å²) in [5.41, 5.74) is -0.701. The van der Waals surface area contributed by atoms with Gasteiger partial charge in [0.1, 0.15) is 5.41 Å². The Hall–Kier alpha value is -1.06. The Kier molecular flexibility index (Phi) is 4.23. The predicted octanol–water partition coefficient (Wildman–Crippen LogP) is 2.62. The van der Waals surface area contributed by atoms with Crippen molar-refractivity contribution in [2.24, 2.45) is 5.41 Å². The molecule has 0 aromatic carbocycles. The smallest absolute Gasteiger partial charge is 0.238 e. The van der Waals surface area contributed by atoms with Crippen molar-refractivity contribution in [2.45, 2.75) is 83.2 Å². The molecule has 3 rings (SSSR count). The zero-order valence-corrected chi connectivity index (χ0v) is 13.2. The van der Waals surface area contributed by atoms with Crippen LogP contribution in [0.1, 0.15) is 71.1 Å². The van der Waals surface area contributed by atoms with E-state index in [9.17, 15) is 9.59 Å². The van der Waals surface area contributed by atoms with Gasteiger partial charge in [-0.25, -0.2) is 0 Å². The topological polar surface area (TPSA) is 49.4 Å². The van der Waals surface area contributed by atoms with Gasteiger partial charge in [-0.1, -0.05) is 19.8 Å². The van der Waals surface area contributed by atoms with Crippen LogP contribution in [0.5, 0.6) is 0 Å². The standard InChI is InChI=1S/C17H28N2O2/c1-2-14-9-5-6-12-19(14)16(21)17(10-11-17)15(20)18-13-7-3-4-8-13/h13-14H,2-12H2,1H3,(H,18,20). The fourth-order valence-electron chi connectivity index (χ4n) is 4.02. The van der Waals surface area contributed by atoms with Crippen LogP contribution in [0, 0.1) is 5.41 Å². The summed E-state index contributed by atoms with van der Waals surface area (Å²) >= 11 is 0. The lowest BCUT2D eigenvalue weighted by molar-refractivity contribution is -0.147. The van der Waals surface area contributed by atoms with E-state index < -0.39 is 5.41 Å². The minimum absolute atomic E-state index is 0.0137. The second-order valence-corrected chi connectivity index (χ2v) is 7.09. The molecule has 21 heavy (non-hydrogen) atoms. The van der Waals surface area contributed by atoms with Crippen molar-refractivity contribution in [3.63, 3.8) is 0 Å². The summed E-state index contributed by atoms with van der Waals surface area (Å²) in [6.45, 7) is 2.99. The third kappa shape index (κ3) is 2.82. The zero-order valence-electron chi connectivity index (χ0n) is 13.2. The number of nitrogens with one attached hydrogen (secondary N) is 1. The van der Waals surface area contributed by atoms with Crippen LogP contribution in [0.4, 0.5) is 0 Å². The van der Waals surface area contributed by atoms with Gasteiger partial charge >= 0.3 is 0 Å². The summed E-state index contributed by atoms with van der Waals surface area (Å²) in [5.74, 6) is 0.129. The molecule has 1 unspecified atom stereocenters. The fourth-order valence-corrected chi connectivity index (χ4v) is 4.02. The summed E-state index contributed by atoms with van der Waals surface area (Å²) in [6.07, 6.45) is 10.5. The molecule has 2 saturated carbocycles. The molecule has 4 heteroatoms. The molecule has 1 N–H and O–H groups in total. The molecule has 0 spiro atoms. The van der Waals surface area contributed by atoms with Gasteiger partial charge in [-0.15, -0.1) is 0 Å². The Morgan fingerprint density at radius 1 is 1.10 bits per heavy atom. The highest BCUT2D eigenvalue weighted by Crippen LogP contribution is 2.48. The number of amides is 2. The number of hydrogen-bond donors (Lipinski definition) is 1. The molecule has 1 heterocycles. The molecule has 0 aromatic heterocycles. The van der Waals surface area contributed by atoms with E-state index in [0.29, 0.717) is 12.1 Å². The maximum Gasteiger partial charge on any atom is 0.238 e. The van der Waals surface area contributed by atoms with Crippen molar-refractivity contribution < 1.29 is 9.59 Å². The second-order valence-electron chi connectivity index (χ2n) is 7.09. The third-order valence-electron chi connectivity index (χ3n) is 5.64. The van der Waals surface area contributed by atoms with Crippen LogP contribution in [-0.4, -0.2) is 35.3 Å². The van der Waals surface area contributed by atoms with Crippen LogP contribution in [0.15, 0.2) is 0 Å². The average molecular weight is 292 g/mol. The van der Waals surface area contributed by atoms with Gasteiger partial charge in [-0.3, -0.25) is 9.59 Å². The van der Waals surface area contributed by atoms with E-state index in [2.05, 4.69) is 12.2 Å². The van der Waals surface area contributed by atoms with Crippen molar-refractivity contribution in [1.29, 1.82) is 0 Å². The number of carbonyl (C=O) groups is 2. The van der Waals surface area contributed by atoms with Gasteiger partial charge in [0.2, 0.25) is 11.8 Å². The lowest BCUT2D eigenvalue weighted by Crippen LogP contribution is -2.51. The Bertz CT molecular complexity index is 411. The van der Waals surface area contributed by atoms with Gasteiger partial charge in [-0.2, -0.15) is 0 Å². The largest absolute Gasteiger partial charge is 0.352 e. The van der Waals surface area contributed by atoms with Gasteiger partial charge in [0.05, 0.1) is 0 Å². The Labute approximate surface area is 127 Å². The first kappa shape index (κ1) is 14.9. The van der Waals surface area contributed by atoms with Crippen LogP contribution >= 0.6 is 0 Å². The fraction of sp³-hybridized carbons (Fsp3) is 0.882. The van der Waals surface area contributed by atoms with E-state index in [1.807, 2.05) is 4.90 Å². The van der Waals surface area contributed by atoms with Crippen molar-refractivity contribution in [3.8, 4) is 0 Å². The molecule has 0 aromatic rings. The summed E-state index contributed by atoms with van der Waals surface area (Å²) in [7, 11) is 0. The van der Waals surface area contributed by atoms with Gasteiger partial charge in [0.15, 0.2) is 0 Å². The van der Waals surface area contributed by atoms with Crippen molar-refractivity contribution in [3.05, 3.63) is 0 Å². The van der Waals surface area contributed by atoms with Crippen LogP contribution in [-0.2, 0) is 9.59 Å². The van der Waals surface area contributed by atoms with Crippen LogP contribution < -0.4 is 5.32 Å². The summed E-state index contributed by atoms with van der Waals surface area (Å²) in [4.78, 5) is 27.6. The Balaban J connectivity index is 1.66. The minimum Gasteiger partial charge on any atom is -0.352 e. The summed E-state index contributed by atoms with van der Waals surface area (Å²) < 4.78 is 0. The highest BCUT2D eigenvalue weighted by molar-refractivity contribution is 6.08. The third-order valence-corrected chi connectivity index (χ3v) is 5.64. The monoisotopic (exact) mass is 292 g/mol. The molecule has 2 amide bonds. The molecular formula is C17H28N2O2. The molecular weight excluding hydrogens is 264 g/mol. The molecule has 1 aliphatic heterocycles. The number of likely N-dealkylation sites (tertiary alicyclic amines) is 1. The highest BCUT2D eigenvalue weighted by Gasteiger charge is 2.58. The van der Waals surface area contributed by atoms with Gasteiger partial charge in [-0.05, 0) is 51.4 Å². The normalized spacial score (nSPS) is 28.4. The molecule has 0 radical (unpaired) electrons. The molecule has 1 saturated heterocycles. The first-order valence-corrected chi connectivity index (χ1v) is 8.79. The van der Waals surface area contributed by atoms with Gasteiger partial charge in [0, 0.05) is 18.6 Å². The number of piperidine rings is 1. The lowest BCUT2D eigenvalue weighted by atomic mass is 9.95. The maximum atomic E-state index is 12.9. The van der Waals surface area contributed by atoms with Crippen molar-refractivity contribution in [1.82, 2.24) is 10.2 Å². The minimum atomic E-state index is -0.701. The predicted molar refractivity (Wildman–Crippen MR) is 81.7 cm³/mol. The lowest BCUT2D eigenvalue weighted by Gasteiger charge is -2.37. The van der Waals surface area contributed by atoms with Gasteiger partial charge in [0.25, 0.3) is 0 Å². The SMILES string of the molecule is CCC1CCCCN1C(=O)C1(C(=O)NC2CCCC2)CC1. The van der Waals surface area contributed by atoms with Crippen LogP contribution in [0.2, 0.25) is 0 Å². The number of rotatable bonds is 4. The molecule has 118 valence electrons. The summed E-state index contributed by atoms with van der Waals surface area (Å²) in [5, 5.41) is 3.15. The highest BCUT2D eigenvalue weighted by atomic mass is 16.2. The Morgan fingerprint density at radius 2 is 1.76 bits per heavy atom. The summed E-state index contributed by atoms with van der Waals surface area (Å²) in [6, 6.07) is 0.661. The molecule has 3 fully saturated rings. The number of carbonyl (C=O) groups excluding carboxylic acids is 2. The molecule has 2 aliphatic carbocycles. The average Bonchev–Trinajstić information content (AvgIpc) is 3.18. The van der Waals surface area contributed by atoms with E-state index in [1.54, 1.807) is 0 Å². The molecule has 4 nitrogen and oxygen atoms in total. The van der Waals surface area contributed by atoms with E-state index in [1.165, 1.54) is 19.3 Å². The number of nitrogens with zero attached hydrogens (tertiary/aromatic N) is 1. The van der Waals surface area contributed by atoms with Crippen molar-refractivity contribution in [2.75, 3.05) is 6.54 Å². The van der Waals surface area contributed by atoms with E-state index in [-0.39, 0.29) is 11.8 Å². The van der Waals surface area contributed by atoms with Crippen LogP contribution in [0.25, 0.3) is 0 Å².